The third kappa shape index (κ3) is 1.95. The molecule has 0 fully saturated rings. The summed E-state index contributed by atoms with van der Waals surface area (Å²) in [6, 6.07) is 6.04. The van der Waals surface area contributed by atoms with E-state index in [1.165, 1.54) is 16.1 Å². The summed E-state index contributed by atoms with van der Waals surface area (Å²) in [5.41, 5.74) is 1.19. The fourth-order valence-electron chi connectivity index (χ4n) is 1.70. The number of thiophene rings is 1. The van der Waals surface area contributed by atoms with Gasteiger partial charge in [-0.3, -0.25) is 0 Å². The Bertz CT molecular complexity index is 690. The summed E-state index contributed by atoms with van der Waals surface area (Å²) >= 11 is 0.755. The molecule has 0 saturated carbocycles. The molecular formula is C11H11NO4S2. The van der Waals surface area contributed by atoms with Crippen molar-refractivity contribution in [1.82, 2.24) is 3.97 Å². The molecule has 0 unspecified atom stereocenters. The first-order valence-corrected chi connectivity index (χ1v) is 7.33. The van der Waals surface area contributed by atoms with Crippen LogP contribution in [0.3, 0.4) is 0 Å². The molecule has 0 aliphatic rings. The van der Waals surface area contributed by atoms with Crippen molar-refractivity contribution in [2.45, 2.75) is 18.1 Å². The van der Waals surface area contributed by atoms with Crippen LogP contribution in [0.5, 0.6) is 0 Å². The normalized spacial score (nSPS) is 11.7. The minimum atomic E-state index is -3.70. The topological polar surface area (TPSA) is 76.4 Å². The maximum atomic E-state index is 12.4. The van der Waals surface area contributed by atoms with Crippen LogP contribution in [0.4, 0.5) is 0 Å². The van der Waals surface area contributed by atoms with E-state index in [-0.39, 0.29) is 9.09 Å². The van der Waals surface area contributed by atoms with E-state index in [0.29, 0.717) is 11.4 Å². The highest BCUT2D eigenvalue weighted by atomic mass is 32.2. The van der Waals surface area contributed by atoms with E-state index in [4.69, 9.17) is 5.11 Å². The van der Waals surface area contributed by atoms with Crippen molar-refractivity contribution in [2.24, 2.45) is 0 Å². The van der Waals surface area contributed by atoms with E-state index >= 15 is 0 Å². The zero-order chi connectivity index (χ0) is 13.5. The van der Waals surface area contributed by atoms with Gasteiger partial charge in [-0.1, -0.05) is 0 Å². The predicted octanol–water partition coefficient (Wildman–Crippen LogP) is 2.10. The molecule has 2 aromatic rings. The Morgan fingerprint density at radius 1 is 1.17 bits per heavy atom. The molecule has 2 heterocycles. The summed E-state index contributed by atoms with van der Waals surface area (Å²) in [5.74, 6) is -1.12. The van der Waals surface area contributed by atoms with Gasteiger partial charge < -0.3 is 5.11 Å². The maximum absolute atomic E-state index is 12.4. The highest BCUT2D eigenvalue weighted by Gasteiger charge is 2.23. The van der Waals surface area contributed by atoms with E-state index in [9.17, 15) is 13.2 Å². The Morgan fingerprint density at radius 2 is 1.72 bits per heavy atom. The van der Waals surface area contributed by atoms with Crippen molar-refractivity contribution < 1.29 is 18.3 Å². The van der Waals surface area contributed by atoms with Crippen LogP contribution in [0.2, 0.25) is 0 Å². The molecule has 0 bridgehead atoms. The zero-order valence-electron chi connectivity index (χ0n) is 9.75. The lowest BCUT2D eigenvalue weighted by atomic mass is 10.5. The number of aromatic carboxylic acids is 1. The second-order valence-corrected chi connectivity index (χ2v) is 6.91. The molecule has 0 aliphatic heterocycles. The summed E-state index contributed by atoms with van der Waals surface area (Å²) in [6.07, 6.45) is 0. The van der Waals surface area contributed by atoms with Crippen molar-refractivity contribution in [1.29, 1.82) is 0 Å². The molecule has 7 heteroatoms. The van der Waals surface area contributed by atoms with E-state index in [1.54, 1.807) is 26.0 Å². The van der Waals surface area contributed by atoms with Crippen molar-refractivity contribution in [3.8, 4) is 0 Å². The third-order valence-electron chi connectivity index (χ3n) is 2.49. The largest absolute Gasteiger partial charge is 0.477 e. The van der Waals surface area contributed by atoms with E-state index in [1.807, 2.05) is 0 Å². The van der Waals surface area contributed by atoms with Gasteiger partial charge in [0.25, 0.3) is 10.0 Å². The van der Waals surface area contributed by atoms with E-state index in [0.717, 1.165) is 11.3 Å². The molecule has 0 aromatic carbocycles. The van der Waals surface area contributed by atoms with Crippen LogP contribution in [0.1, 0.15) is 21.1 Å². The number of carboxylic acid groups (broad SMARTS) is 1. The molecule has 5 nitrogen and oxygen atoms in total. The van der Waals surface area contributed by atoms with Gasteiger partial charge in [0.1, 0.15) is 9.09 Å². The van der Waals surface area contributed by atoms with E-state index in [2.05, 4.69) is 0 Å². The Morgan fingerprint density at radius 3 is 2.17 bits per heavy atom. The highest BCUT2D eigenvalue weighted by Crippen LogP contribution is 2.26. The van der Waals surface area contributed by atoms with Crippen molar-refractivity contribution in [3.05, 3.63) is 40.5 Å². The lowest BCUT2D eigenvalue weighted by molar-refractivity contribution is 0.0702. The lowest BCUT2D eigenvalue weighted by Crippen LogP contribution is -2.14. The Labute approximate surface area is 108 Å². The molecule has 0 radical (unpaired) electrons. The number of rotatable bonds is 3. The first-order valence-electron chi connectivity index (χ1n) is 5.07. The van der Waals surface area contributed by atoms with Crippen LogP contribution in [-0.2, 0) is 10.0 Å². The van der Waals surface area contributed by atoms with Crippen LogP contribution >= 0.6 is 11.3 Å². The van der Waals surface area contributed by atoms with Gasteiger partial charge in [0.15, 0.2) is 0 Å². The Kier molecular flexibility index (Phi) is 3.04. The molecule has 0 amide bonds. The standard InChI is InChI=1S/C11H11NO4S2/c1-7-3-4-8(2)12(7)18(15,16)10-6-5-9(17-10)11(13)14/h3-6H,1-2H3,(H,13,14). The van der Waals surface area contributed by atoms with Crippen LogP contribution in [0, 0.1) is 13.8 Å². The third-order valence-corrected chi connectivity index (χ3v) is 5.94. The zero-order valence-corrected chi connectivity index (χ0v) is 11.4. The molecule has 0 spiro atoms. The Hall–Kier alpha value is -1.60. The summed E-state index contributed by atoms with van der Waals surface area (Å²) in [4.78, 5) is 10.8. The fourth-order valence-corrected chi connectivity index (χ4v) is 4.49. The second-order valence-electron chi connectivity index (χ2n) is 3.81. The van der Waals surface area contributed by atoms with Gasteiger partial charge >= 0.3 is 5.97 Å². The number of carboxylic acids is 1. The smallest absolute Gasteiger partial charge is 0.345 e. The summed E-state index contributed by atoms with van der Waals surface area (Å²) in [6.45, 7) is 3.38. The average Bonchev–Trinajstić information content (AvgIpc) is 2.85. The first kappa shape index (κ1) is 12.8. The number of aromatic nitrogens is 1. The monoisotopic (exact) mass is 285 g/mol. The van der Waals surface area contributed by atoms with Crippen molar-refractivity contribution in [2.75, 3.05) is 0 Å². The molecule has 2 rings (SSSR count). The number of carbonyl (C=O) groups is 1. The van der Waals surface area contributed by atoms with Gasteiger partial charge in [0, 0.05) is 11.4 Å². The minimum Gasteiger partial charge on any atom is -0.477 e. The summed E-state index contributed by atoms with van der Waals surface area (Å²) in [7, 11) is -3.70. The number of hydrogen-bond donors (Lipinski definition) is 1. The van der Waals surface area contributed by atoms with Gasteiger partial charge in [-0.05, 0) is 38.1 Å². The molecule has 2 aromatic heterocycles. The van der Waals surface area contributed by atoms with Crippen LogP contribution in [0.25, 0.3) is 0 Å². The maximum Gasteiger partial charge on any atom is 0.345 e. The van der Waals surface area contributed by atoms with Crippen LogP contribution in [0.15, 0.2) is 28.5 Å². The predicted molar refractivity (Wildman–Crippen MR) is 67.8 cm³/mol. The molecule has 1 N–H and O–H groups in total. The van der Waals surface area contributed by atoms with Crippen LogP contribution in [-0.4, -0.2) is 23.5 Å². The van der Waals surface area contributed by atoms with Gasteiger partial charge in [0.2, 0.25) is 0 Å². The number of aryl methyl sites for hydroxylation is 2. The lowest BCUT2D eigenvalue weighted by Gasteiger charge is -2.08. The van der Waals surface area contributed by atoms with E-state index < -0.39 is 16.0 Å². The van der Waals surface area contributed by atoms with Crippen molar-refractivity contribution >= 4 is 27.3 Å². The van der Waals surface area contributed by atoms with Crippen LogP contribution < -0.4 is 0 Å². The molecule has 0 atom stereocenters. The average molecular weight is 285 g/mol. The fraction of sp³-hybridized carbons (Fsp3) is 0.182. The van der Waals surface area contributed by atoms with Gasteiger partial charge in [-0.25, -0.2) is 8.77 Å². The summed E-state index contributed by atoms with van der Waals surface area (Å²) < 4.78 is 25.9. The minimum absolute atomic E-state index is 0.0102. The number of hydrogen-bond acceptors (Lipinski definition) is 4. The molecule has 96 valence electrons. The van der Waals surface area contributed by atoms with Gasteiger partial charge in [-0.15, -0.1) is 11.3 Å². The number of nitrogens with zero attached hydrogens (tertiary/aromatic N) is 1. The molecule has 18 heavy (non-hydrogen) atoms. The second kappa shape index (κ2) is 4.25. The van der Waals surface area contributed by atoms with Gasteiger partial charge in [-0.2, -0.15) is 8.42 Å². The quantitative estimate of drug-likeness (QED) is 0.937. The molecular weight excluding hydrogens is 274 g/mol. The summed E-state index contributed by atoms with van der Waals surface area (Å²) in [5, 5.41) is 8.81. The first-order chi connectivity index (χ1) is 8.34. The Balaban J connectivity index is 2.58. The molecule has 0 saturated heterocycles. The molecule has 0 aliphatic carbocycles. The van der Waals surface area contributed by atoms with Gasteiger partial charge in [0.05, 0.1) is 0 Å². The SMILES string of the molecule is Cc1ccc(C)n1S(=O)(=O)c1ccc(C(=O)O)s1. The van der Waals surface area contributed by atoms with Crippen molar-refractivity contribution in [3.63, 3.8) is 0 Å². The highest BCUT2D eigenvalue weighted by molar-refractivity contribution is 7.92.